The lowest BCUT2D eigenvalue weighted by Crippen LogP contribution is -2.42. The molecular weight excluding hydrogens is 266 g/mol. The molecule has 1 amide bonds. The van der Waals surface area contributed by atoms with E-state index in [4.69, 9.17) is 0 Å². The van der Waals surface area contributed by atoms with Gasteiger partial charge in [-0.05, 0) is 24.6 Å². The zero-order valence-electron chi connectivity index (χ0n) is 11.7. The van der Waals surface area contributed by atoms with Gasteiger partial charge in [0, 0.05) is 12.0 Å². The summed E-state index contributed by atoms with van der Waals surface area (Å²) in [6.45, 7) is 1.97. The number of aliphatic carboxylic acids is 1. The van der Waals surface area contributed by atoms with Gasteiger partial charge in [0.2, 0.25) is 0 Å². The van der Waals surface area contributed by atoms with E-state index in [1.165, 1.54) is 0 Å². The number of benzene rings is 2. The maximum Gasteiger partial charge on any atom is 0.326 e. The molecule has 2 rings (SSSR count). The number of hydrogen-bond acceptors (Lipinski definition) is 2. The minimum atomic E-state index is -1.04. The van der Waals surface area contributed by atoms with E-state index >= 15 is 0 Å². The van der Waals surface area contributed by atoms with Gasteiger partial charge in [-0.15, -0.1) is 0 Å². The molecule has 0 radical (unpaired) electrons. The Morgan fingerprint density at radius 2 is 1.67 bits per heavy atom. The van der Waals surface area contributed by atoms with Gasteiger partial charge >= 0.3 is 5.97 Å². The number of hydrogen-bond donors (Lipinski definition) is 2. The third-order valence-corrected chi connectivity index (χ3v) is 3.20. The van der Waals surface area contributed by atoms with E-state index < -0.39 is 12.0 Å². The number of carbonyl (C=O) groups excluding carboxylic acids is 1. The molecule has 1 atom stereocenters. The zero-order chi connectivity index (χ0) is 15.2. The lowest BCUT2D eigenvalue weighted by molar-refractivity contribution is -0.139. The number of rotatable bonds is 5. The molecular formula is C17H17NO3. The molecule has 0 saturated heterocycles. The van der Waals surface area contributed by atoms with E-state index in [-0.39, 0.29) is 12.3 Å². The van der Waals surface area contributed by atoms with Crippen LogP contribution >= 0.6 is 0 Å². The van der Waals surface area contributed by atoms with Crippen molar-refractivity contribution in [2.24, 2.45) is 0 Å². The number of aryl methyl sites for hydroxylation is 1. The SMILES string of the molecule is Cc1ccc(C[C@H](NC(=O)c2ccccc2)C(=O)O)cc1. The molecule has 0 bridgehead atoms. The summed E-state index contributed by atoms with van der Waals surface area (Å²) in [6, 6.07) is 15.2. The van der Waals surface area contributed by atoms with Crippen molar-refractivity contribution < 1.29 is 14.7 Å². The molecule has 4 nitrogen and oxygen atoms in total. The number of carbonyl (C=O) groups is 2. The van der Waals surface area contributed by atoms with E-state index in [0.717, 1.165) is 11.1 Å². The van der Waals surface area contributed by atoms with Crippen molar-refractivity contribution in [3.8, 4) is 0 Å². The zero-order valence-corrected chi connectivity index (χ0v) is 11.7. The molecule has 0 aromatic heterocycles. The van der Waals surface area contributed by atoms with Gasteiger partial charge in [-0.3, -0.25) is 4.79 Å². The predicted octanol–water partition coefficient (Wildman–Crippen LogP) is 2.42. The second-order valence-corrected chi connectivity index (χ2v) is 4.92. The topological polar surface area (TPSA) is 66.4 Å². The Kier molecular flexibility index (Phi) is 4.72. The van der Waals surface area contributed by atoms with Crippen LogP contribution in [0.15, 0.2) is 54.6 Å². The molecule has 0 saturated carbocycles. The molecule has 21 heavy (non-hydrogen) atoms. The van der Waals surface area contributed by atoms with Crippen LogP contribution in [0.5, 0.6) is 0 Å². The van der Waals surface area contributed by atoms with Gasteiger partial charge in [-0.1, -0.05) is 48.0 Å². The average Bonchev–Trinajstić information content (AvgIpc) is 2.49. The number of carboxylic acid groups (broad SMARTS) is 1. The fraction of sp³-hybridized carbons (Fsp3) is 0.176. The van der Waals surface area contributed by atoms with Crippen LogP contribution in [0.1, 0.15) is 21.5 Å². The van der Waals surface area contributed by atoms with Crippen molar-refractivity contribution in [3.63, 3.8) is 0 Å². The van der Waals surface area contributed by atoms with E-state index in [1.54, 1.807) is 30.3 Å². The summed E-state index contributed by atoms with van der Waals surface area (Å²) in [5, 5.41) is 11.8. The average molecular weight is 283 g/mol. The summed E-state index contributed by atoms with van der Waals surface area (Å²) < 4.78 is 0. The van der Waals surface area contributed by atoms with Crippen molar-refractivity contribution in [1.29, 1.82) is 0 Å². The Labute approximate surface area is 123 Å². The van der Waals surface area contributed by atoms with Gasteiger partial charge in [0.05, 0.1) is 0 Å². The van der Waals surface area contributed by atoms with Gasteiger partial charge in [0.1, 0.15) is 6.04 Å². The minimum Gasteiger partial charge on any atom is -0.480 e. The molecule has 2 aromatic carbocycles. The fourth-order valence-electron chi connectivity index (χ4n) is 1.99. The van der Waals surface area contributed by atoms with E-state index in [2.05, 4.69) is 5.32 Å². The molecule has 0 unspecified atom stereocenters. The van der Waals surface area contributed by atoms with Crippen LogP contribution in [0.25, 0.3) is 0 Å². The van der Waals surface area contributed by atoms with Crippen LogP contribution in [0, 0.1) is 6.92 Å². The summed E-state index contributed by atoms with van der Waals surface area (Å²) >= 11 is 0. The highest BCUT2D eigenvalue weighted by Crippen LogP contribution is 2.07. The Hall–Kier alpha value is -2.62. The third-order valence-electron chi connectivity index (χ3n) is 3.20. The van der Waals surface area contributed by atoms with E-state index in [1.807, 2.05) is 31.2 Å². The summed E-state index contributed by atoms with van der Waals surface area (Å²) in [5.41, 5.74) is 2.44. The summed E-state index contributed by atoms with van der Waals surface area (Å²) in [7, 11) is 0. The van der Waals surface area contributed by atoms with Crippen LogP contribution < -0.4 is 5.32 Å². The van der Waals surface area contributed by atoms with Crippen molar-refractivity contribution in [2.45, 2.75) is 19.4 Å². The normalized spacial score (nSPS) is 11.7. The number of nitrogens with one attached hydrogen (secondary N) is 1. The van der Waals surface area contributed by atoms with Crippen LogP contribution in [0.4, 0.5) is 0 Å². The lowest BCUT2D eigenvalue weighted by atomic mass is 10.0. The van der Waals surface area contributed by atoms with Crippen molar-refractivity contribution in [2.75, 3.05) is 0 Å². The Morgan fingerprint density at radius 1 is 1.05 bits per heavy atom. The molecule has 2 N–H and O–H groups in total. The first-order chi connectivity index (χ1) is 10.1. The van der Waals surface area contributed by atoms with Gasteiger partial charge < -0.3 is 10.4 Å². The monoisotopic (exact) mass is 283 g/mol. The van der Waals surface area contributed by atoms with E-state index in [9.17, 15) is 14.7 Å². The van der Waals surface area contributed by atoms with Gasteiger partial charge in [0.15, 0.2) is 0 Å². The van der Waals surface area contributed by atoms with Gasteiger partial charge in [-0.2, -0.15) is 0 Å². The molecule has 2 aromatic rings. The highest BCUT2D eigenvalue weighted by atomic mass is 16.4. The maximum atomic E-state index is 12.0. The summed E-state index contributed by atoms with van der Waals surface area (Å²) in [5.74, 6) is -1.42. The largest absolute Gasteiger partial charge is 0.480 e. The highest BCUT2D eigenvalue weighted by Gasteiger charge is 2.20. The molecule has 0 aliphatic carbocycles. The first-order valence-corrected chi connectivity index (χ1v) is 6.70. The van der Waals surface area contributed by atoms with Crippen LogP contribution in [0.3, 0.4) is 0 Å². The Bertz CT molecular complexity index is 620. The molecule has 0 aliphatic rings. The molecule has 0 fully saturated rings. The number of carboxylic acids is 1. The highest BCUT2D eigenvalue weighted by molar-refractivity contribution is 5.96. The summed E-state index contributed by atoms with van der Waals surface area (Å²) in [4.78, 5) is 23.4. The Balaban J connectivity index is 2.07. The van der Waals surface area contributed by atoms with E-state index in [0.29, 0.717) is 5.56 Å². The lowest BCUT2D eigenvalue weighted by Gasteiger charge is -2.15. The van der Waals surface area contributed by atoms with Crippen LogP contribution in [-0.4, -0.2) is 23.0 Å². The van der Waals surface area contributed by atoms with Crippen molar-refractivity contribution >= 4 is 11.9 Å². The quantitative estimate of drug-likeness (QED) is 0.885. The first-order valence-electron chi connectivity index (χ1n) is 6.70. The molecule has 0 spiro atoms. The second kappa shape index (κ2) is 6.70. The molecule has 108 valence electrons. The fourth-order valence-corrected chi connectivity index (χ4v) is 1.99. The van der Waals surface area contributed by atoms with Crippen LogP contribution in [-0.2, 0) is 11.2 Å². The van der Waals surface area contributed by atoms with Gasteiger partial charge in [-0.25, -0.2) is 4.79 Å². The molecule has 4 heteroatoms. The molecule has 0 heterocycles. The maximum absolute atomic E-state index is 12.0. The minimum absolute atomic E-state index is 0.258. The predicted molar refractivity (Wildman–Crippen MR) is 80.2 cm³/mol. The number of amides is 1. The third kappa shape index (κ3) is 4.18. The van der Waals surface area contributed by atoms with Crippen molar-refractivity contribution in [1.82, 2.24) is 5.32 Å². The Morgan fingerprint density at radius 3 is 2.24 bits per heavy atom. The standard InChI is InChI=1S/C17H17NO3/c1-12-7-9-13(10-8-12)11-15(17(20)21)18-16(19)14-5-3-2-4-6-14/h2-10,15H,11H2,1H3,(H,18,19)(H,20,21)/t15-/m0/s1. The van der Waals surface area contributed by atoms with Gasteiger partial charge in [0.25, 0.3) is 5.91 Å². The second-order valence-electron chi connectivity index (χ2n) is 4.92. The smallest absolute Gasteiger partial charge is 0.326 e. The first kappa shape index (κ1) is 14.8. The summed E-state index contributed by atoms with van der Waals surface area (Å²) in [6.07, 6.45) is 0.258. The van der Waals surface area contributed by atoms with Crippen molar-refractivity contribution in [3.05, 3.63) is 71.3 Å². The molecule has 0 aliphatic heterocycles. The van der Waals surface area contributed by atoms with Crippen LogP contribution in [0.2, 0.25) is 0 Å².